The van der Waals surface area contributed by atoms with Crippen LogP contribution in [-0.4, -0.2) is 56.6 Å². The van der Waals surface area contributed by atoms with Crippen molar-refractivity contribution in [1.29, 1.82) is 0 Å². The number of fused-ring (bicyclic) bond motifs is 1. The van der Waals surface area contributed by atoms with Crippen LogP contribution in [0.15, 0.2) is 36.8 Å². The quantitative estimate of drug-likeness (QED) is 0.737. The van der Waals surface area contributed by atoms with Gasteiger partial charge in [0.25, 0.3) is 0 Å². The molecule has 3 aromatic heterocycles. The minimum atomic E-state index is 0.122. The molecule has 1 saturated heterocycles. The predicted octanol–water partition coefficient (Wildman–Crippen LogP) is 2.26. The van der Waals surface area contributed by atoms with E-state index in [4.69, 9.17) is 0 Å². The van der Waals surface area contributed by atoms with Crippen molar-refractivity contribution in [2.24, 2.45) is 0 Å². The number of amides is 1. The highest BCUT2D eigenvalue weighted by Gasteiger charge is 2.22. The third-order valence-electron chi connectivity index (χ3n) is 4.93. The summed E-state index contributed by atoms with van der Waals surface area (Å²) in [6.45, 7) is 3.16. The van der Waals surface area contributed by atoms with Crippen molar-refractivity contribution in [2.45, 2.75) is 25.8 Å². The maximum absolute atomic E-state index is 11.6. The second-order valence-corrected chi connectivity index (χ2v) is 6.77. The molecule has 27 heavy (non-hydrogen) atoms. The fourth-order valence-electron chi connectivity index (χ4n) is 3.47. The number of piperidine rings is 1. The topological polar surface area (TPSA) is 87.5 Å². The minimum Gasteiger partial charge on any atom is -0.388 e. The van der Waals surface area contributed by atoms with Crippen LogP contribution in [0.4, 0.5) is 11.5 Å². The van der Waals surface area contributed by atoms with Gasteiger partial charge in [-0.2, -0.15) is 5.10 Å². The summed E-state index contributed by atoms with van der Waals surface area (Å²) in [7, 11) is 1.89. The summed E-state index contributed by atoms with van der Waals surface area (Å²) in [6.07, 6.45) is 7.46. The molecule has 0 radical (unpaired) electrons. The summed E-state index contributed by atoms with van der Waals surface area (Å²) in [5.74, 6) is 1.51. The van der Waals surface area contributed by atoms with Crippen LogP contribution in [0.5, 0.6) is 0 Å². The molecule has 1 amide bonds. The summed E-state index contributed by atoms with van der Waals surface area (Å²) >= 11 is 0. The number of carbonyl (C=O) groups excluding carboxylic acids is 1. The molecule has 4 rings (SSSR count). The van der Waals surface area contributed by atoms with Gasteiger partial charge in [-0.25, -0.2) is 14.5 Å². The maximum atomic E-state index is 11.6. The molecule has 1 fully saturated rings. The number of hydrogen-bond donors (Lipinski definition) is 2. The summed E-state index contributed by atoms with van der Waals surface area (Å²) in [6, 6.07) is 6.05. The molecular weight excluding hydrogens is 342 g/mol. The van der Waals surface area contributed by atoms with Crippen LogP contribution in [0.1, 0.15) is 19.8 Å². The largest absolute Gasteiger partial charge is 0.388 e. The third kappa shape index (κ3) is 3.55. The van der Waals surface area contributed by atoms with Crippen LogP contribution >= 0.6 is 0 Å². The van der Waals surface area contributed by atoms with Gasteiger partial charge in [-0.05, 0) is 31.0 Å². The molecule has 0 spiro atoms. The summed E-state index contributed by atoms with van der Waals surface area (Å²) in [4.78, 5) is 22.6. The Hall–Kier alpha value is -3.16. The second-order valence-electron chi connectivity index (χ2n) is 6.77. The van der Waals surface area contributed by atoms with Crippen molar-refractivity contribution >= 4 is 22.9 Å². The van der Waals surface area contributed by atoms with Crippen molar-refractivity contribution in [2.75, 3.05) is 30.8 Å². The Kier molecular flexibility index (Phi) is 4.62. The molecule has 1 atom stereocenters. The molecule has 0 aliphatic carbocycles. The van der Waals surface area contributed by atoms with Gasteiger partial charge in [0.15, 0.2) is 5.82 Å². The van der Waals surface area contributed by atoms with E-state index >= 15 is 0 Å². The Balaban J connectivity index is 1.59. The zero-order valence-corrected chi connectivity index (χ0v) is 15.5. The van der Waals surface area contributed by atoms with Gasteiger partial charge in [0.2, 0.25) is 5.91 Å². The van der Waals surface area contributed by atoms with Gasteiger partial charge < -0.3 is 15.5 Å². The molecule has 8 heteroatoms. The van der Waals surface area contributed by atoms with E-state index in [-0.39, 0.29) is 11.9 Å². The van der Waals surface area contributed by atoms with Gasteiger partial charge in [0.05, 0.1) is 17.3 Å². The minimum absolute atomic E-state index is 0.122. The number of aromatic nitrogens is 4. The van der Waals surface area contributed by atoms with Crippen molar-refractivity contribution in [1.82, 2.24) is 24.5 Å². The number of nitrogens with one attached hydrogen (secondary N) is 2. The lowest BCUT2D eigenvalue weighted by molar-refractivity contribution is -0.129. The normalized spacial score (nSPS) is 17.1. The molecule has 0 aromatic carbocycles. The maximum Gasteiger partial charge on any atom is 0.219 e. The SMILES string of the molecule is CNc1ccn2ncc(-c3nccc(NC4CCCN(C(C)=O)C4)n3)c2c1. The highest BCUT2D eigenvalue weighted by Crippen LogP contribution is 2.24. The second kappa shape index (κ2) is 7.22. The average molecular weight is 365 g/mol. The first-order valence-corrected chi connectivity index (χ1v) is 9.14. The Bertz CT molecular complexity index is 968. The third-order valence-corrected chi connectivity index (χ3v) is 4.93. The molecule has 8 nitrogen and oxygen atoms in total. The van der Waals surface area contributed by atoms with E-state index in [1.807, 2.05) is 40.9 Å². The van der Waals surface area contributed by atoms with Gasteiger partial charge in [-0.1, -0.05) is 0 Å². The standard InChI is InChI=1S/C19H23N7O/c1-13(27)25-8-3-4-15(12-25)23-18-5-7-21-19(24-18)16-11-22-26-9-6-14(20-2)10-17(16)26/h5-7,9-11,15,20H,3-4,8,12H2,1-2H3,(H,21,23,24). The Labute approximate surface area is 157 Å². The van der Waals surface area contributed by atoms with Gasteiger partial charge >= 0.3 is 0 Å². The van der Waals surface area contributed by atoms with Crippen LogP contribution < -0.4 is 10.6 Å². The van der Waals surface area contributed by atoms with Crippen LogP contribution in [0.3, 0.4) is 0 Å². The number of nitrogens with zero attached hydrogens (tertiary/aromatic N) is 5. The lowest BCUT2D eigenvalue weighted by atomic mass is 10.1. The van der Waals surface area contributed by atoms with E-state index < -0.39 is 0 Å². The number of pyridine rings is 1. The first-order valence-electron chi connectivity index (χ1n) is 9.14. The van der Waals surface area contributed by atoms with E-state index in [2.05, 4.69) is 25.7 Å². The van der Waals surface area contributed by atoms with Crippen molar-refractivity contribution in [3.8, 4) is 11.4 Å². The van der Waals surface area contributed by atoms with Crippen molar-refractivity contribution in [3.05, 3.63) is 36.8 Å². The molecular formula is C19H23N7O. The van der Waals surface area contributed by atoms with Crippen LogP contribution in [-0.2, 0) is 4.79 Å². The van der Waals surface area contributed by atoms with E-state index in [0.29, 0.717) is 12.4 Å². The number of hydrogen-bond acceptors (Lipinski definition) is 6. The number of anilines is 2. The summed E-state index contributed by atoms with van der Waals surface area (Å²) < 4.78 is 1.81. The molecule has 1 aliphatic rings. The highest BCUT2D eigenvalue weighted by atomic mass is 16.2. The van der Waals surface area contributed by atoms with Crippen LogP contribution in [0, 0.1) is 0 Å². The fourth-order valence-corrected chi connectivity index (χ4v) is 3.47. The van der Waals surface area contributed by atoms with Crippen molar-refractivity contribution < 1.29 is 4.79 Å². The van der Waals surface area contributed by atoms with E-state index in [0.717, 1.165) is 42.0 Å². The smallest absolute Gasteiger partial charge is 0.219 e. The zero-order valence-electron chi connectivity index (χ0n) is 15.5. The number of carbonyl (C=O) groups is 1. The zero-order chi connectivity index (χ0) is 18.8. The first kappa shape index (κ1) is 17.3. The summed E-state index contributed by atoms with van der Waals surface area (Å²) in [5.41, 5.74) is 2.83. The summed E-state index contributed by atoms with van der Waals surface area (Å²) in [5, 5.41) is 11.0. The average Bonchev–Trinajstić information content (AvgIpc) is 3.11. The molecule has 1 unspecified atom stereocenters. The Morgan fingerprint density at radius 2 is 2.22 bits per heavy atom. The molecule has 0 bridgehead atoms. The van der Waals surface area contributed by atoms with E-state index in [1.54, 1.807) is 19.3 Å². The van der Waals surface area contributed by atoms with E-state index in [9.17, 15) is 4.79 Å². The van der Waals surface area contributed by atoms with Crippen molar-refractivity contribution in [3.63, 3.8) is 0 Å². The molecule has 1 aliphatic heterocycles. The van der Waals surface area contributed by atoms with Gasteiger partial charge in [-0.3, -0.25) is 4.79 Å². The lowest BCUT2D eigenvalue weighted by Crippen LogP contribution is -2.44. The monoisotopic (exact) mass is 365 g/mol. The Morgan fingerprint density at radius 1 is 1.33 bits per heavy atom. The first-order chi connectivity index (χ1) is 13.1. The Morgan fingerprint density at radius 3 is 3.04 bits per heavy atom. The van der Waals surface area contributed by atoms with Gasteiger partial charge in [0, 0.05) is 51.2 Å². The predicted molar refractivity (Wildman–Crippen MR) is 105 cm³/mol. The highest BCUT2D eigenvalue weighted by molar-refractivity contribution is 5.78. The molecule has 140 valence electrons. The van der Waals surface area contributed by atoms with Crippen LogP contribution in [0.2, 0.25) is 0 Å². The molecule has 3 aromatic rings. The molecule has 4 heterocycles. The van der Waals surface area contributed by atoms with Gasteiger partial charge in [0.1, 0.15) is 5.82 Å². The molecule has 0 saturated carbocycles. The van der Waals surface area contributed by atoms with Gasteiger partial charge in [-0.15, -0.1) is 0 Å². The number of rotatable bonds is 4. The fraction of sp³-hybridized carbons (Fsp3) is 0.368. The van der Waals surface area contributed by atoms with E-state index in [1.165, 1.54) is 0 Å². The number of likely N-dealkylation sites (tertiary alicyclic amines) is 1. The lowest BCUT2D eigenvalue weighted by Gasteiger charge is -2.32. The molecule has 2 N–H and O–H groups in total. The van der Waals surface area contributed by atoms with Crippen LogP contribution in [0.25, 0.3) is 16.9 Å².